The molecule has 1 fully saturated rings. The second-order valence-corrected chi connectivity index (χ2v) is 6.82. The summed E-state index contributed by atoms with van der Waals surface area (Å²) in [5.41, 5.74) is 2.40. The molecule has 0 amide bonds. The van der Waals surface area contributed by atoms with Crippen LogP contribution in [0, 0.1) is 19.8 Å². The lowest BCUT2D eigenvalue weighted by Crippen LogP contribution is -2.17. The number of aromatic nitrogens is 3. The van der Waals surface area contributed by atoms with Crippen LogP contribution in [0.4, 0.5) is 5.82 Å². The minimum absolute atomic E-state index is 0.599. The quantitative estimate of drug-likeness (QED) is 0.840. The van der Waals surface area contributed by atoms with E-state index < -0.39 is 0 Å². The van der Waals surface area contributed by atoms with Crippen LogP contribution in [0.5, 0.6) is 0 Å². The van der Waals surface area contributed by atoms with Crippen molar-refractivity contribution >= 4 is 16.9 Å². The maximum atomic E-state index is 4.76. The SMILES string of the molecule is Cc1nc(N(C)C)c2c(C)cn([C@H]3CC[C@H](C)CC3)c2n1. The zero-order valence-corrected chi connectivity index (χ0v) is 13.8. The molecule has 0 aromatic carbocycles. The highest BCUT2D eigenvalue weighted by molar-refractivity contribution is 5.91. The van der Waals surface area contributed by atoms with E-state index in [1.165, 1.54) is 36.6 Å². The standard InChI is InChI=1S/C17H26N4/c1-11-6-8-14(9-7-11)21-10-12(2)15-16(20(4)5)18-13(3)19-17(15)21/h10-11,14H,6-9H2,1-5H3/t11-,14-. The zero-order valence-electron chi connectivity index (χ0n) is 13.8. The van der Waals surface area contributed by atoms with Crippen LogP contribution in [0.2, 0.25) is 0 Å². The Balaban J connectivity index is 2.12. The van der Waals surface area contributed by atoms with E-state index in [4.69, 9.17) is 4.98 Å². The molecular weight excluding hydrogens is 260 g/mol. The van der Waals surface area contributed by atoms with Crippen molar-refractivity contribution in [1.82, 2.24) is 14.5 Å². The van der Waals surface area contributed by atoms with Crippen LogP contribution in [-0.4, -0.2) is 28.6 Å². The first kappa shape index (κ1) is 14.4. The molecule has 1 aliphatic carbocycles. The minimum Gasteiger partial charge on any atom is -0.362 e. The second kappa shape index (κ2) is 5.32. The van der Waals surface area contributed by atoms with Gasteiger partial charge in [0, 0.05) is 26.3 Å². The molecule has 0 radical (unpaired) electrons. The van der Waals surface area contributed by atoms with Gasteiger partial charge >= 0.3 is 0 Å². The van der Waals surface area contributed by atoms with Crippen molar-refractivity contribution in [1.29, 1.82) is 0 Å². The summed E-state index contributed by atoms with van der Waals surface area (Å²) in [7, 11) is 4.11. The zero-order chi connectivity index (χ0) is 15.1. The van der Waals surface area contributed by atoms with Gasteiger partial charge in [-0.2, -0.15) is 0 Å². The molecule has 0 N–H and O–H groups in total. The summed E-state index contributed by atoms with van der Waals surface area (Å²) in [6.07, 6.45) is 7.48. The predicted molar refractivity (Wildman–Crippen MR) is 88.0 cm³/mol. The van der Waals surface area contributed by atoms with E-state index in [1.54, 1.807) is 0 Å². The van der Waals surface area contributed by atoms with Crippen LogP contribution in [-0.2, 0) is 0 Å². The van der Waals surface area contributed by atoms with Gasteiger partial charge in [0.05, 0.1) is 5.39 Å². The Morgan fingerprint density at radius 3 is 2.38 bits per heavy atom. The third-order valence-electron chi connectivity index (χ3n) is 4.76. The number of hydrogen-bond acceptors (Lipinski definition) is 3. The van der Waals surface area contributed by atoms with Crippen LogP contribution < -0.4 is 4.90 Å². The van der Waals surface area contributed by atoms with Gasteiger partial charge in [-0.3, -0.25) is 0 Å². The lowest BCUT2D eigenvalue weighted by atomic mass is 9.87. The first-order valence-corrected chi connectivity index (χ1v) is 8.00. The Bertz CT molecular complexity index is 648. The van der Waals surface area contributed by atoms with Gasteiger partial charge in [0.1, 0.15) is 17.3 Å². The van der Waals surface area contributed by atoms with Crippen molar-refractivity contribution < 1.29 is 0 Å². The molecule has 21 heavy (non-hydrogen) atoms. The van der Waals surface area contributed by atoms with Crippen LogP contribution in [0.15, 0.2) is 6.20 Å². The summed E-state index contributed by atoms with van der Waals surface area (Å²) >= 11 is 0. The Hall–Kier alpha value is -1.58. The molecule has 0 saturated heterocycles. The first-order chi connectivity index (χ1) is 9.97. The Labute approximate surface area is 127 Å². The number of fused-ring (bicyclic) bond motifs is 1. The number of anilines is 1. The van der Waals surface area contributed by atoms with Crippen molar-refractivity contribution in [3.63, 3.8) is 0 Å². The van der Waals surface area contributed by atoms with E-state index in [1.807, 2.05) is 6.92 Å². The summed E-state index contributed by atoms with van der Waals surface area (Å²) in [5, 5.41) is 1.21. The number of aryl methyl sites for hydroxylation is 2. The van der Waals surface area contributed by atoms with E-state index in [-0.39, 0.29) is 0 Å². The average Bonchev–Trinajstić information content (AvgIpc) is 2.76. The molecule has 1 saturated carbocycles. The molecule has 0 unspecified atom stereocenters. The van der Waals surface area contributed by atoms with Crippen molar-refractivity contribution in [3.8, 4) is 0 Å². The first-order valence-electron chi connectivity index (χ1n) is 8.00. The normalized spacial score (nSPS) is 22.7. The van der Waals surface area contributed by atoms with Gasteiger partial charge in [-0.1, -0.05) is 6.92 Å². The summed E-state index contributed by atoms with van der Waals surface area (Å²) in [5.74, 6) is 2.77. The fraction of sp³-hybridized carbons (Fsp3) is 0.647. The summed E-state index contributed by atoms with van der Waals surface area (Å²) < 4.78 is 2.41. The molecule has 1 aliphatic rings. The molecule has 4 nitrogen and oxygen atoms in total. The monoisotopic (exact) mass is 286 g/mol. The number of rotatable bonds is 2. The molecule has 0 atom stereocenters. The summed E-state index contributed by atoms with van der Waals surface area (Å²) in [6.45, 7) is 6.53. The maximum Gasteiger partial charge on any atom is 0.146 e. The smallest absolute Gasteiger partial charge is 0.146 e. The Morgan fingerprint density at radius 1 is 1.10 bits per heavy atom. The lowest BCUT2D eigenvalue weighted by Gasteiger charge is -2.27. The summed E-state index contributed by atoms with van der Waals surface area (Å²) in [4.78, 5) is 11.5. The van der Waals surface area contributed by atoms with E-state index >= 15 is 0 Å². The van der Waals surface area contributed by atoms with Gasteiger partial charge in [-0.05, 0) is 51.0 Å². The van der Waals surface area contributed by atoms with Gasteiger partial charge < -0.3 is 9.47 Å². The van der Waals surface area contributed by atoms with Crippen molar-refractivity contribution in [3.05, 3.63) is 17.6 Å². The highest BCUT2D eigenvalue weighted by atomic mass is 15.2. The van der Waals surface area contributed by atoms with Gasteiger partial charge in [0.2, 0.25) is 0 Å². The van der Waals surface area contributed by atoms with E-state index in [2.05, 4.69) is 48.6 Å². The predicted octanol–water partition coefficient (Wildman–Crippen LogP) is 3.87. The molecule has 2 aromatic heterocycles. The Kier molecular flexibility index (Phi) is 3.64. The molecule has 114 valence electrons. The fourth-order valence-corrected chi connectivity index (χ4v) is 3.54. The summed E-state index contributed by atoms with van der Waals surface area (Å²) in [6, 6.07) is 0.599. The molecule has 2 aromatic rings. The topological polar surface area (TPSA) is 34.0 Å². The van der Waals surface area contributed by atoms with Crippen LogP contribution in [0.3, 0.4) is 0 Å². The third-order valence-corrected chi connectivity index (χ3v) is 4.76. The maximum absolute atomic E-state index is 4.76. The van der Waals surface area contributed by atoms with Gasteiger partial charge in [-0.15, -0.1) is 0 Å². The Morgan fingerprint density at radius 2 is 1.76 bits per heavy atom. The minimum atomic E-state index is 0.599. The highest BCUT2D eigenvalue weighted by Gasteiger charge is 2.23. The van der Waals surface area contributed by atoms with Crippen LogP contribution in [0.1, 0.15) is 50.0 Å². The molecular formula is C17H26N4. The molecule has 0 spiro atoms. The molecule has 4 heteroatoms. The van der Waals surface area contributed by atoms with Crippen LogP contribution in [0.25, 0.3) is 11.0 Å². The molecule has 0 bridgehead atoms. The largest absolute Gasteiger partial charge is 0.362 e. The molecule has 3 rings (SSSR count). The second-order valence-electron chi connectivity index (χ2n) is 6.82. The van der Waals surface area contributed by atoms with Crippen molar-refractivity contribution in [2.24, 2.45) is 5.92 Å². The molecule has 2 heterocycles. The third kappa shape index (κ3) is 2.52. The van der Waals surface area contributed by atoms with Gasteiger partial charge in [-0.25, -0.2) is 9.97 Å². The van der Waals surface area contributed by atoms with Gasteiger partial charge in [0.15, 0.2) is 0 Å². The average molecular weight is 286 g/mol. The van der Waals surface area contributed by atoms with Crippen molar-refractivity contribution in [2.75, 3.05) is 19.0 Å². The van der Waals surface area contributed by atoms with Gasteiger partial charge in [0.25, 0.3) is 0 Å². The fourth-order valence-electron chi connectivity index (χ4n) is 3.54. The van der Waals surface area contributed by atoms with E-state index in [0.29, 0.717) is 6.04 Å². The van der Waals surface area contributed by atoms with Crippen LogP contribution >= 0.6 is 0 Å². The van der Waals surface area contributed by atoms with E-state index in [0.717, 1.165) is 23.2 Å². The van der Waals surface area contributed by atoms with E-state index in [9.17, 15) is 0 Å². The number of hydrogen-bond donors (Lipinski definition) is 0. The molecule has 0 aliphatic heterocycles. The number of nitrogens with zero attached hydrogens (tertiary/aromatic N) is 4. The lowest BCUT2D eigenvalue weighted by molar-refractivity contribution is 0.293. The van der Waals surface area contributed by atoms with Crippen molar-refractivity contribution in [2.45, 2.75) is 52.5 Å². The highest BCUT2D eigenvalue weighted by Crippen LogP contribution is 2.36.